The number of ketones is 1. The summed E-state index contributed by atoms with van der Waals surface area (Å²) in [5.74, 6) is -3.57. The average molecular weight is 307 g/mol. The summed E-state index contributed by atoms with van der Waals surface area (Å²) in [6.07, 6.45) is -2.21. The first kappa shape index (κ1) is 5.08. The molecular weight excluding hydrogens is 274 g/mol. The van der Waals surface area contributed by atoms with Crippen molar-refractivity contribution in [3.05, 3.63) is 53.6 Å². The van der Waals surface area contributed by atoms with E-state index in [0.29, 0.717) is 9.13 Å². The molecule has 2 heterocycles. The predicted octanol–water partition coefficient (Wildman–Crippen LogP) is 3.13. The molecule has 0 spiro atoms. The lowest BCUT2D eigenvalue weighted by Gasteiger charge is -2.23. The smallest absolute Gasteiger partial charge is 0.170 e. The first-order valence-corrected chi connectivity index (χ1v) is 6.58. The van der Waals surface area contributed by atoms with Crippen LogP contribution in [0.2, 0.25) is 0 Å². The highest BCUT2D eigenvalue weighted by Gasteiger charge is 2.32. The highest BCUT2D eigenvalue weighted by molar-refractivity contribution is 6.11. The third-order valence-electron chi connectivity index (χ3n) is 3.75. The zero-order valence-corrected chi connectivity index (χ0v) is 11.2. The van der Waals surface area contributed by atoms with E-state index in [1.807, 2.05) is 0 Å². The third kappa shape index (κ3) is 1.83. The minimum atomic E-state index is -3.01. The van der Waals surface area contributed by atoms with Gasteiger partial charge in [0.25, 0.3) is 0 Å². The maximum Gasteiger partial charge on any atom is 0.170 e. The molecule has 1 unspecified atom stereocenters. The topological polar surface area (TPSA) is 39.8 Å². The molecule has 0 fully saturated rings. The molecule has 0 saturated carbocycles. The van der Waals surface area contributed by atoms with Crippen molar-refractivity contribution in [2.75, 3.05) is 0 Å². The maximum atomic E-state index is 13.8. The van der Waals surface area contributed by atoms with Gasteiger partial charge in [0, 0.05) is 62.1 Å². The van der Waals surface area contributed by atoms with E-state index >= 15 is 0 Å². The largest absolute Gasteiger partial charge is 0.347 e. The summed E-state index contributed by atoms with van der Waals surface area (Å²) in [5.41, 5.74) is -0.912. The molecule has 0 N–H and O–H groups in total. The van der Waals surface area contributed by atoms with Crippen molar-refractivity contribution in [3.8, 4) is 0 Å². The Labute approximate surface area is 149 Å². The second-order valence-corrected chi connectivity index (χ2v) is 4.96. The van der Waals surface area contributed by atoms with Gasteiger partial charge in [-0.1, -0.05) is 18.1 Å². The number of hydrogen-bond donors (Lipinski definition) is 0. The number of benzene rings is 1. The van der Waals surface area contributed by atoms with E-state index in [0.717, 1.165) is 0 Å². The monoisotopic (exact) mass is 307 g/mol. The molecule has 1 aliphatic rings. The van der Waals surface area contributed by atoms with Crippen LogP contribution in [0.4, 0.5) is 0 Å². The van der Waals surface area contributed by atoms with Gasteiger partial charge in [0.15, 0.2) is 5.78 Å². The van der Waals surface area contributed by atoms with Gasteiger partial charge in [-0.05, 0) is 25.7 Å². The maximum absolute atomic E-state index is 13.8. The number of fused-ring (bicyclic) bond motifs is 3. The minimum Gasteiger partial charge on any atom is -0.347 e. The van der Waals surface area contributed by atoms with E-state index < -0.39 is 79.9 Å². The van der Waals surface area contributed by atoms with Crippen LogP contribution in [0.1, 0.15) is 47.5 Å². The molecule has 4 rings (SSSR count). The van der Waals surface area contributed by atoms with E-state index in [9.17, 15) is 4.79 Å². The van der Waals surface area contributed by atoms with Gasteiger partial charge in [-0.25, -0.2) is 4.98 Å². The summed E-state index contributed by atoms with van der Waals surface area (Å²) in [5, 5.41) is -0.369. The molecule has 3 aromatic rings. The molecular formula is C18H19N3O. The average Bonchev–Trinajstić information content (AvgIpc) is 3.26. The molecule has 0 aliphatic heterocycles. The van der Waals surface area contributed by atoms with Crippen LogP contribution in [0.3, 0.4) is 0 Å². The van der Waals surface area contributed by atoms with Crippen LogP contribution in [-0.2, 0) is 19.9 Å². The molecule has 1 aliphatic carbocycles. The van der Waals surface area contributed by atoms with E-state index in [4.69, 9.17) is 19.2 Å². The van der Waals surface area contributed by atoms with Gasteiger partial charge < -0.3 is 9.13 Å². The second kappa shape index (κ2) is 4.83. The molecule has 4 nitrogen and oxygen atoms in total. The molecule has 0 saturated heterocycles. The Morgan fingerprint density at radius 1 is 1.50 bits per heavy atom. The fourth-order valence-electron chi connectivity index (χ4n) is 2.74. The number of rotatable bonds is 2. The number of imidazole rings is 1. The Bertz CT molecular complexity index is 1430. The van der Waals surface area contributed by atoms with E-state index in [-0.39, 0.29) is 29.5 Å². The molecule has 1 aromatic carbocycles. The lowest BCUT2D eigenvalue weighted by Crippen LogP contribution is -2.27. The molecule has 22 heavy (non-hydrogen) atoms. The normalized spacial score (nSPS) is 28.9. The Kier molecular flexibility index (Phi) is 1.12. The van der Waals surface area contributed by atoms with Crippen LogP contribution in [-0.4, -0.2) is 19.9 Å². The molecule has 0 radical (unpaired) electrons. The Hall–Kier alpha value is -2.36. The first-order valence-electron chi connectivity index (χ1n) is 13.6. The Balaban J connectivity index is 2.02. The van der Waals surface area contributed by atoms with Crippen molar-refractivity contribution in [2.24, 2.45) is 12.9 Å². The number of hydrogen-bond acceptors (Lipinski definition) is 2. The Morgan fingerprint density at radius 2 is 2.41 bits per heavy atom. The fraction of sp³-hybridized carbons (Fsp3) is 0.333. The van der Waals surface area contributed by atoms with Crippen molar-refractivity contribution < 1.29 is 24.0 Å². The predicted molar refractivity (Wildman–Crippen MR) is 86.0 cm³/mol. The summed E-state index contributed by atoms with van der Waals surface area (Å²) in [7, 11) is 0. The lowest BCUT2D eigenvalue weighted by atomic mass is 9.85. The standard InChI is InChI=1S/C18H19N3O/c1-12-19-9-10-21(12)11-13-7-8-16-17(18(13)22)14-5-3-4-6-15(14)20(16)2/h3-6,9-10,13H,7-8,11H2,1-2H3/i1D3,2D3,3D,4D,5D,6D,9D,10D,11D2. The number of para-hydroxylation sites is 1. The van der Waals surface area contributed by atoms with Crippen LogP contribution < -0.4 is 0 Å². The first-order chi connectivity index (χ1) is 16.3. The van der Waals surface area contributed by atoms with E-state index in [2.05, 4.69) is 4.98 Å². The molecule has 112 valence electrons. The number of carbonyl (C=O) groups excluding carboxylic acids is 1. The van der Waals surface area contributed by atoms with Crippen LogP contribution in [0.5, 0.6) is 0 Å². The van der Waals surface area contributed by atoms with Crippen molar-refractivity contribution in [1.29, 1.82) is 0 Å². The van der Waals surface area contributed by atoms with Crippen LogP contribution in [0.15, 0.2) is 36.5 Å². The number of Topliss-reactive ketones (excluding diaryl/α,β-unsaturated/α-hetero) is 1. The van der Waals surface area contributed by atoms with Crippen LogP contribution in [0.25, 0.3) is 10.9 Å². The number of nitrogens with zero attached hydrogens (tertiary/aromatic N) is 3. The van der Waals surface area contributed by atoms with Crippen molar-refractivity contribution >= 4 is 16.7 Å². The van der Waals surface area contributed by atoms with Crippen molar-refractivity contribution in [2.45, 2.75) is 26.2 Å². The second-order valence-electron chi connectivity index (χ2n) is 4.96. The third-order valence-corrected chi connectivity index (χ3v) is 3.75. The van der Waals surface area contributed by atoms with Gasteiger partial charge in [0.1, 0.15) is 5.82 Å². The van der Waals surface area contributed by atoms with Crippen LogP contribution >= 0.6 is 0 Å². The van der Waals surface area contributed by atoms with Gasteiger partial charge in [-0.3, -0.25) is 4.79 Å². The zero-order valence-electron chi connectivity index (χ0n) is 25.2. The van der Waals surface area contributed by atoms with Gasteiger partial charge in [0.05, 0.1) is 11.0 Å². The molecule has 1 atom stereocenters. The van der Waals surface area contributed by atoms with Gasteiger partial charge in [-0.2, -0.15) is 0 Å². The summed E-state index contributed by atoms with van der Waals surface area (Å²) < 4.78 is 113. The SMILES string of the molecule is [2H]c1nc(C([2H])([2H])[2H])n(C([2H])([2H])C2CCc3c(c4c([2H])c([2H])c([2H])c([2H])c4n3C([2H])([2H])[2H])C2=O)c1[2H]. The summed E-state index contributed by atoms with van der Waals surface area (Å²) in [6, 6.07) is -2.74. The van der Waals surface area contributed by atoms with Crippen molar-refractivity contribution in [1.82, 2.24) is 14.1 Å². The van der Waals surface area contributed by atoms with Gasteiger partial charge in [0.2, 0.25) is 0 Å². The van der Waals surface area contributed by atoms with Gasteiger partial charge in [-0.15, -0.1) is 0 Å². The van der Waals surface area contributed by atoms with E-state index in [1.54, 1.807) is 0 Å². The Morgan fingerprint density at radius 3 is 3.27 bits per heavy atom. The summed E-state index contributed by atoms with van der Waals surface area (Å²) in [6.45, 7) is -8.83. The van der Waals surface area contributed by atoms with E-state index in [1.165, 1.54) is 0 Å². The summed E-state index contributed by atoms with van der Waals surface area (Å²) in [4.78, 5) is 17.3. The van der Waals surface area contributed by atoms with Gasteiger partial charge >= 0.3 is 0 Å². The summed E-state index contributed by atoms with van der Waals surface area (Å²) >= 11 is 0. The zero-order chi connectivity index (χ0) is 27.3. The highest BCUT2D eigenvalue weighted by atomic mass is 16.1. The number of aromatic nitrogens is 3. The molecule has 0 amide bonds. The molecule has 2 aromatic heterocycles. The quantitative estimate of drug-likeness (QED) is 0.730. The highest BCUT2D eigenvalue weighted by Crippen LogP contribution is 2.34. The van der Waals surface area contributed by atoms with Crippen LogP contribution in [0, 0.1) is 12.8 Å². The number of carbonyl (C=O) groups is 1. The lowest BCUT2D eigenvalue weighted by molar-refractivity contribution is 0.0888. The molecule has 0 bridgehead atoms. The minimum absolute atomic E-state index is 0.108. The molecule has 4 heteroatoms. The number of aryl methyl sites for hydroxylation is 2. The van der Waals surface area contributed by atoms with Crippen molar-refractivity contribution in [3.63, 3.8) is 0 Å². The fourth-order valence-corrected chi connectivity index (χ4v) is 2.74.